The minimum atomic E-state index is -0.335. The first-order valence-corrected chi connectivity index (χ1v) is 5.53. The van der Waals surface area contributed by atoms with E-state index in [4.69, 9.17) is 9.15 Å². The molecule has 0 saturated heterocycles. The molecule has 0 atom stereocenters. The maximum absolute atomic E-state index is 11.4. The summed E-state index contributed by atoms with van der Waals surface area (Å²) in [5.74, 6) is 0.151. The smallest absolute Gasteiger partial charge is 0.338 e. The van der Waals surface area contributed by atoms with Gasteiger partial charge in [0.15, 0.2) is 0 Å². The molecule has 0 amide bonds. The molecule has 0 saturated carbocycles. The summed E-state index contributed by atoms with van der Waals surface area (Å²) in [7, 11) is 0. The Morgan fingerprint density at radius 1 is 1.33 bits per heavy atom. The number of carbonyl (C=O) groups is 1. The minimum absolute atomic E-state index is 0.316. The molecule has 0 aliphatic carbocycles. The number of ether oxygens (including phenoxy) is 1. The molecule has 0 bridgehead atoms. The first-order chi connectivity index (χ1) is 8.69. The number of aryl methyl sites for hydroxylation is 1. The minimum Gasteiger partial charge on any atom is -0.462 e. The lowest BCUT2D eigenvalue weighted by atomic mass is 10.2. The molecule has 0 aliphatic heterocycles. The molecule has 0 unspecified atom stereocenters. The summed E-state index contributed by atoms with van der Waals surface area (Å²) in [4.78, 5) is 11.4. The largest absolute Gasteiger partial charge is 0.462 e. The molecule has 1 heterocycles. The Morgan fingerprint density at radius 2 is 2.06 bits per heavy atom. The highest BCUT2D eigenvalue weighted by Crippen LogP contribution is 2.16. The highest BCUT2D eigenvalue weighted by Gasteiger charge is 2.06. The molecule has 94 valence electrons. The van der Waals surface area contributed by atoms with E-state index in [2.05, 4.69) is 15.5 Å². The number of hydrogen-bond acceptors (Lipinski definition) is 6. The van der Waals surface area contributed by atoms with Gasteiger partial charge in [-0.2, -0.15) is 0 Å². The Kier molecular flexibility index (Phi) is 3.57. The van der Waals surface area contributed by atoms with Crippen LogP contribution in [0.2, 0.25) is 0 Å². The fourth-order valence-corrected chi connectivity index (χ4v) is 1.37. The average molecular weight is 247 g/mol. The van der Waals surface area contributed by atoms with Crippen molar-refractivity contribution in [3.05, 3.63) is 35.7 Å². The van der Waals surface area contributed by atoms with Gasteiger partial charge in [0.2, 0.25) is 5.89 Å². The molecular formula is C12H13N3O3. The van der Waals surface area contributed by atoms with Crippen LogP contribution in [0.5, 0.6) is 0 Å². The zero-order valence-electron chi connectivity index (χ0n) is 10.1. The molecule has 6 heteroatoms. The van der Waals surface area contributed by atoms with Crippen LogP contribution in [0.25, 0.3) is 0 Å². The summed E-state index contributed by atoms with van der Waals surface area (Å²) >= 11 is 0. The van der Waals surface area contributed by atoms with Crippen molar-refractivity contribution in [2.24, 2.45) is 0 Å². The van der Waals surface area contributed by atoms with Gasteiger partial charge in [0.25, 0.3) is 0 Å². The SMILES string of the molecule is CCOC(=O)c1ccc(Nc2nnc(C)o2)cc1. The quantitative estimate of drug-likeness (QED) is 0.835. The van der Waals surface area contributed by atoms with E-state index in [0.717, 1.165) is 5.69 Å². The van der Waals surface area contributed by atoms with Crippen LogP contribution in [-0.2, 0) is 4.74 Å². The summed E-state index contributed by atoms with van der Waals surface area (Å²) in [6, 6.07) is 7.14. The number of esters is 1. The van der Waals surface area contributed by atoms with Gasteiger partial charge < -0.3 is 14.5 Å². The molecule has 0 radical (unpaired) electrons. The normalized spacial score (nSPS) is 10.1. The number of benzene rings is 1. The maximum Gasteiger partial charge on any atom is 0.338 e. The van der Waals surface area contributed by atoms with Crippen LogP contribution in [-0.4, -0.2) is 22.8 Å². The number of anilines is 2. The highest BCUT2D eigenvalue weighted by atomic mass is 16.5. The van der Waals surface area contributed by atoms with Crippen molar-refractivity contribution in [3.8, 4) is 0 Å². The third-order valence-corrected chi connectivity index (χ3v) is 2.17. The summed E-state index contributed by atoms with van der Waals surface area (Å²) in [5.41, 5.74) is 1.26. The van der Waals surface area contributed by atoms with Gasteiger partial charge in [-0.25, -0.2) is 4.79 Å². The molecule has 1 aromatic carbocycles. The molecule has 1 aromatic heterocycles. The second-order valence-electron chi connectivity index (χ2n) is 3.55. The summed E-state index contributed by atoms with van der Waals surface area (Å²) < 4.78 is 10.1. The van der Waals surface area contributed by atoms with E-state index in [1.54, 1.807) is 38.1 Å². The van der Waals surface area contributed by atoms with E-state index in [1.165, 1.54) is 0 Å². The van der Waals surface area contributed by atoms with Crippen molar-refractivity contribution in [3.63, 3.8) is 0 Å². The molecule has 18 heavy (non-hydrogen) atoms. The number of rotatable bonds is 4. The van der Waals surface area contributed by atoms with Crippen molar-refractivity contribution in [2.75, 3.05) is 11.9 Å². The summed E-state index contributed by atoms with van der Waals surface area (Å²) in [5, 5.41) is 10.4. The molecular weight excluding hydrogens is 234 g/mol. The third-order valence-electron chi connectivity index (χ3n) is 2.17. The van der Waals surface area contributed by atoms with E-state index in [1.807, 2.05) is 0 Å². The van der Waals surface area contributed by atoms with Gasteiger partial charge >= 0.3 is 12.0 Å². The van der Waals surface area contributed by atoms with Crippen LogP contribution in [0.3, 0.4) is 0 Å². The predicted molar refractivity (Wildman–Crippen MR) is 64.7 cm³/mol. The van der Waals surface area contributed by atoms with E-state index in [9.17, 15) is 4.79 Å². The number of carbonyl (C=O) groups excluding carboxylic acids is 1. The van der Waals surface area contributed by atoms with Gasteiger partial charge in [-0.1, -0.05) is 5.10 Å². The monoisotopic (exact) mass is 247 g/mol. The average Bonchev–Trinajstić information content (AvgIpc) is 2.76. The van der Waals surface area contributed by atoms with Gasteiger partial charge in [0.05, 0.1) is 12.2 Å². The van der Waals surface area contributed by atoms with Gasteiger partial charge in [0, 0.05) is 12.6 Å². The van der Waals surface area contributed by atoms with Crippen molar-refractivity contribution in [2.45, 2.75) is 13.8 Å². The number of aromatic nitrogens is 2. The molecule has 2 rings (SSSR count). The standard InChI is InChI=1S/C12H13N3O3/c1-3-17-11(16)9-4-6-10(7-5-9)13-12-15-14-8(2)18-12/h4-7H,3H2,1-2H3,(H,13,15). The van der Waals surface area contributed by atoms with E-state index in [0.29, 0.717) is 24.1 Å². The van der Waals surface area contributed by atoms with E-state index < -0.39 is 0 Å². The van der Waals surface area contributed by atoms with Crippen molar-refractivity contribution >= 4 is 17.7 Å². The van der Waals surface area contributed by atoms with Crippen molar-refractivity contribution in [1.29, 1.82) is 0 Å². The van der Waals surface area contributed by atoms with Gasteiger partial charge in [0.1, 0.15) is 0 Å². The lowest BCUT2D eigenvalue weighted by Crippen LogP contribution is -2.04. The Balaban J connectivity index is 2.05. The Hall–Kier alpha value is -2.37. The lowest BCUT2D eigenvalue weighted by Gasteiger charge is -2.03. The second kappa shape index (κ2) is 5.31. The van der Waals surface area contributed by atoms with Crippen LogP contribution in [0.4, 0.5) is 11.7 Å². The Morgan fingerprint density at radius 3 is 2.61 bits per heavy atom. The summed E-state index contributed by atoms with van der Waals surface area (Å²) in [6.45, 7) is 3.84. The third kappa shape index (κ3) is 2.85. The number of nitrogens with zero attached hydrogens (tertiary/aromatic N) is 2. The van der Waals surface area contributed by atoms with Crippen LogP contribution in [0.1, 0.15) is 23.2 Å². The first kappa shape index (κ1) is 12.1. The Labute approximate surface area is 104 Å². The molecule has 0 spiro atoms. The lowest BCUT2D eigenvalue weighted by molar-refractivity contribution is 0.0526. The van der Waals surface area contributed by atoms with Crippen LogP contribution in [0.15, 0.2) is 28.7 Å². The number of nitrogens with one attached hydrogen (secondary N) is 1. The molecule has 2 aromatic rings. The van der Waals surface area contributed by atoms with Crippen LogP contribution in [0, 0.1) is 6.92 Å². The Bertz CT molecular complexity index is 534. The van der Waals surface area contributed by atoms with Gasteiger partial charge in [-0.05, 0) is 31.2 Å². The van der Waals surface area contributed by atoms with E-state index >= 15 is 0 Å². The first-order valence-electron chi connectivity index (χ1n) is 5.53. The maximum atomic E-state index is 11.4. The molecule has 0 fully saturated rings. The fourth-order valence-electron chi connectivity index (χ4n) is 1.37. The predicted octanol–water partition coefficient (Wildman–Crippen LogP) is 2.30. The zero-order valence-corrected chi connectivity index (χ0v) is 10.1. The van der Waals surface area contributed by atoms with Crippen molar-refractivity contribution in [1.82, 2.24) is 10.2 Å². The molecule has 1 N–H and O–H groups in total. The zero-order chi connectivity index (χ0) is 13.0. The van der Waals surface area contributed by atoms with Gasteiger partial charge in [-0.3, -0.25) is 0 Å². The fraction of sp³-hybridized carbons (Fsp3) is 0.250. The highest BCUT2D eigenvalue weighted by molar-refractivity contribution is 5.89. The van der Waals surface area contributed by atoms with Crippen molar-refractivity contribution < 1.29 is 13.9 Å². The molecule has 0 aliphatic rings. The number of hydrogen-bond donors (Lipinski definition) is 1. The topological polar surface area (TPSA) is 77.2 Å². The second-order valence-corrected chi connectivity index (χ2v) is 3.55. The van der Waals surface area contributed by atoms with Gasteiger partial charge in [-0.15, -0.1) is 5.10 Å². The molecule has 6 nitrogen and oxygen atoms in total. The summed E-state index contributed by atoms with van der Waals surface area (Å²) in [6.07, 6.45) is 0. The van der Waals surface area contributed by atoms with Crippen LogP contribution < -0.4 is 5.32 Å². The van der Waals surface area contributed by atoms with Crippen LogP contribution >= 0.6 is 0 Å². The van der Waals surface area contributed by atoms with E-state index in [-0.39, 0.29) is 5.97 Å².